The van der Waals surface area contributed by atoms with E-state index in [1.165, 1.54) is 6.33 Å². The number of morpholine rings is 1. The molecule has 1 aromatic carbocycles. The van der Waals surface area contributed by atoms with Crippen molar-refractivity contribution < 1.29 is 14.3 Å². The van der Waals surface area contributed by atoms with Crippen LogP contribution in [0.5, 0.6) is 5.88 Å². The molecule has 32 heavy (non-hydrogen) atoms. The van der Waals surface area contributed by atoms with Gasteiger partial charge in [0.05, 0.1) is 40.8 Å². The van der Waals surface area contributed by atoms with Crippen molar-refractivity contribution in [2.75, 3.05) is 44.8 Å². The number of nitrogens with one attached hydrogen (secondary N) is 1. The third kappa shape index (κ3) is 5.92. The SMILES string of the molecule is O=C(Nc1ccc(OCCN2CCOCC2)nc1)c1cc(-c2ccc(Cl)c(Cl)c2)ncn1. The Morgan fingerprint density at radius 2 is 1.91 bits per heavy atom. The summed E-state index contributed by atoms with van der Waals surface area (Å²) in [6.45, 7) is 4.70. The van der Waals surface area contributed by atoms with Crippen molar-refractivity contribution in [3.05, 3.63) is 64.7 Å². The Bertz CT molecular complexity index is 1080. The van der Waals surface area contributed by atoms with Gasteiger partial charge in [-0.05, 0) is 24.3 Å². The molecule has 1 saturated heterocycles. The van der Waals surface area contributed by atoms with Gasteiger partial charge in [-0.25, -0.2) is 15.0 Å². The standard InChI is InChI=1S/C22H21Cl2N5O3/c23-17-3-1-15(11-18(17)24)19-12-20(27-14-26-19)22(30)28-16-2-4-21(25-13-16)32-10-7-29-5-8-31-9-6-29/h1-4,11-14H,5-10H2,(H,28,30). The maximum Gasteiger partial charge on any atom is 0.274 e. The van der Waals surface area contributed by atoms with Crippen LogP contribution in [0, 0.1) is 0 Å². The number of amides is 1. The largest absolute Gasteiger partial charge is 0.476 e. The average molecular weight is 474 g/mol. The lowest BCUT2D eigenvalue weighted by atomic mass is 10.1. The summed E-state index contributed by atoms with van der Waals surface area (Å²) in [5.74, 6) is 0.122. The van der Waals surface area contributed by atoms with Crippen LogP contribution in [-0.4, -0.2) is 65.2 Å². The second-order valence-corrected chi connectivity index (χ2v) is 7.87. The van der Waals surface area contributed by atoms with Gasteiger partial charge in [0.15, 0.2) is 0 Å². The van der Waals surface area contributed by atoms with Crippen LogP contribution in [0.15, 0.2) is 48.9 Å². The predicted octanol–water partition coefficient (Wildman–Crippen LogP) is 3.81. The van der Waals surface area contributed by atoms with Crippen molar-refractivity contribution in [2.45, 2.75) is 0 Å². The number of carbonyl (C=O) groups is 1. The number of anilines is 1. The first-order chi connectivity index (χ1) is 15.6. The van der Waals surface area contributed by atoms with Crippen LogP contribution in [-0.2, 0) is 4.74 Å². The quantitative estimate of drug-likeness (QED) is 0.557. The van der Waals surface area contributed by atoms with Crippen molar-refractivity contribution >= 4 is 34.8 Å². The molecule has 1 fully saturated rings. The molecule has 1 aliphatic heterocycles. The molecule has 1 N–H and O–H groups in total. The van der Waals surface area contributed by atoms with E-state index in [2.05, 4.69) is 25.2 Å². The first-order valence-corrected chi connectivity index (χ1v) is 10.8. The number of hydrogen-bond acceptors (Lipinski definition) is 7. The van der Waals surface area contributed by atoms with E-state index < -0.39 is 0 Å². The van der Waals surface area contributed by atoms with Gasteiger partial charge in [-0.2, -0.15) is 0 Å². The molecule has 10 heteroatoms. The molecule has 166 valence electrons. The van der Waals surface area contributed by atoms with E-state index >= 15 is 0 Å². The number of benzene rings is 1. The summed E-state index contributed by atoms with van der Waals surface area (Å²) in [6.07, 6.45) is 2.87. The zero-order valence-corrected chi connectivity index (χ0v) is 18.6. The lowest BCUT2D eigenvalue weighted by Gasteiger charge is -2.26. The zero-order chi connectivity index (χ0) is 22.3. The third-order valence-electron chi connectivity index (χ3n) is 4.87. The second-order valence-electron chi connectivity index (χ2n) is 7.06. The van der Waals surface area contributed by atoms with Gasteiger partial charge in [-0.1, -0.05) is 29.3 Å². The van der Waals surface area contributed by atoms with Crippen molar-refractivity contribution in [1.29, 1.82) is 0 Å². The number of nitrogens with zero attached hydrogens (tertiary/aromatic N) is 4. The van der Waals surface area contributed by atoms with Crippen LogP contribution < -0.4 is 10.1 Å². The van der Waals surface area contributed by atoms with E-state index in [0.29, 0.717) is 33.9 Å². The highest BCUT2D eigenvalue weighted by molar-refractivity contribution is 6.42. The maximum atomic E-state index is 12.6. The summed E-state index contributed by atoms with van der Waals surface area (Å²) in [5.41, 5.74) is 2.04. The highest BCUT2D eigenvalue weighted by Gasteiger charge is 2.12. The summed E-state index contributed by atoms with van der Waals surface area (Å²) in [4.78, 5) is 27.4. The molecule has 4 rings (SSSR count). The molecule has 0 radical (unpaired) electrons. The Balaban J connectivity index is 1.34. The van der Waals surface area contributed by atoms with Crippen LogP contribution >= 0.6 is 23.2 Å². The van der Waals surface area contributed by atoms with Gasteiger partial charge in [-0.3, -0.25) is 9.69 Å². The third-order valence-corrected chi connectivity index (χ3v) is 5.61. The molecule has 3 aromatic rings. The Morgan fingerprint density at radius 3 is 2.66 bits per heavy atom. The van der Waals surface area contributed by atoms with E-state index in [9.17, 15) is 4.79 Å². The van der Waals surface area contributed by atoms with Crippen molar-refractivity contribution in [3.8, 4) is 17.1 Å². The minimum absolute atomic E-state index is 0.215. The van der Waals surface area contributed by atoms with Gasteiger partial charge in [0.2, 0.25) is 5.88 Å². The summed E-state index contributed by atoms with van der Waals surface area (Å²) in [6, 6.07) is 10.2. The van der Waals surface area contributed by atoms with Crippen LogP contribution in [0.4, 0.5) is 5.69 Å². The molecule has 0 bridgehead atoms. The van der Waals surface area contributed by atoms with Crippen molar-refractivity contribution in [1.82, 2.24) is 19.9 Å². The van der Waals surface area contributed by atoms with Crippen LogP contribution in [0.3, 0.4) is 0 Å². The number of halogens is 2. The molecule has 2 aromatic heterocycles. The Kier molecular flexibility index (Phi) is 7.49. The number of aromatic nitrogens is 3. The molecule has 0 saturated carbocycles. The van der Waals surface area contributed by atoms with Crippen molar-refractivity contribution in [2.24, 2.45) is 0 Å². The van der Waals surface area contributed by atoms with Gasteiger partial charge >= 0.3 is 0 Å². The average Bonchev–Trinajstić information content (AvgIpc) is 2.83. The highest BCUT2D eigenvalue weighted by atomic mass is 35.5. The summed E-state index contributed by atoms with van der Waals surface area (Å²) in [7, 11) is 0. The van der Waals surface area contributed by atoms with Gasteiger partial charge in [0.1, 0.15) is 18.6 Å². The summed E-state index contributed by atoms with van der Waals surface area (Å²) < 4.78 is 11.0. The van der Waals surface area contributed by atoms with Crippen LogP contribution in [0.25, 0.3) is 11.3 Å². The molecular formula is C22H21Cl2N5O3. The number of ether oxygens (including phenoxy) is 2. The van der Waals surface area contributed by atoms with Crippen molar-refractivity contribution in [3.63, 3.8) is 0 Å². The first kappa shape index (κ1) is 22.4. The molecule has 8 nitrogen and oxygen atoms in total. The highest BCUT2D eigenvalue weighted by Crippen LogP contribution is 2.27. The van der Waals surface area contributed by atoms with E-state index in [-0.39, 0.29) is 11.6 Å². The topological polar surface area (TPSA) is 89.5 Å². The normalized spacial score (nSPS) is 14.2. The molecule has 0 spiro atoms. The Labute approximate surface area is 195 Å². The number of carbonyl (C=O) groups excluding carboxylic acids is 1. The zero-order valence-electron chi connectivity index (χ0n) is 17.1. The molecule has 0 atom stereocenters. The van der Waals surface area contributed by atoms with Crippen LogP contribution in [0.1, 0.15) is 10.5 Å². The number of rotatable bonds is 7. The molecule has 0 unspecified atom stereocenters. The molecule has 0 aliphatic carbocycles. The second kappa shape index (κ2) is 10.7. The fraction of sp³-hybridized carbons (Fsp3) is 0.273. The Morgan fingerprint density at radius 1 is 1.06 bits per heavy atom. The van der Waals surface area contributed by atoms with Gasteiger partial charge in [-0.15, -0.1) is 0 Å². The van der Waals surface area contributed by atoms with Crippen LogP contribution in [0.2, 0.25) is 10.0 Å². The monoisotopic (exact) mass is 473 g/mol. The van der Waals surface area contributed by atoms with E-state index in [1.54, 1.807) is 42.6 Å². The summed E-state index contributed by atoms with van der Waals surface area (Å²) >= 11 is 12.0. The number of hydrogen-bond donors (Lipinski definition) is 1. The molecule has 3 heterocycles. The minimum Gasteiger partial charge on any atom is -0.476 e. The Hall–Kier alpha value is -2.78. The van der Waals surface area contributed by atoms with Gasteiger partial charge in [0, 0.05) is 31.3 Å². The summed E-state index contributed by atoms with van der Waals surface area (Å²) in [5, 5.41) is 3.63. The van der Waals surface area contributed by atoms with E-state index in [1.807, 2.05) is 0 Å². The number of pyridine rings is 1. The van der Waals surface area contributed by atoms with Gasteiger partial charge in [0.25, 0.3) is 5.91 Å². The fourth-order valence-electron chi connectivity index (χ4n) is 3.13. The molecule has 1 aliphatic rings. The van der Waals surface area contributed by atoms with E-state index in [4.69, 9.17) is 32.7 Å². The maximum absolute atomic E-state index is 12.6. The predicted molar refractivity (Wildman–Crippen MR) is 122 cm³/mol. The minimum atomic E-state index is -0.378. The smallest absolute Gasteiger partial charge is 0.274 e. The van der Waals surface area contributed by atoms with Gasteiger partial charge < -0.3 is 14.8 Å². The van der Waals surface area contributed by atoms with E-state index in [0.717, 1.165) is 38.4 Å². The molecular weight excluding hydrogens is 453 g/mol. The lowest BCUT2D eigenvalue weighted by molar-refractivity contribution is 0.0320. The lowest BCUT2D eigenvalue weighted by Crippen LogP contribution is -2.38. The fourth-order valence-corrected chi connectivity index (χ4v) is 3.43. The first-order valence-electron chi connectivity index (χ1n) is 10.1. The molecule has 1 amide bonds.